The number of nitrogens with zero attached hydrogens (tertiary/aromatic N) is 2. The van der Waals surface area contributed by atoms with Crippen LogP contribution in [0.25, 0.3) is 0 Å². The molecule has 0 atom stereocenters. The molecule has 0 aliphatic carbocycles. The van der Waals surface area contributed by atoms with Gasteiger partial charge in [0.1, 0.15) is 5.69 Å². The Kier molecular flexibility index (Phi) is 5.10. The first-order valence-corrected chi connectivity index (χ1v) is 7.02. The number of nitro groups is 1. The largest absolute Gasteiger partial charge is 0.380 e. The van der Waals surface area contributed by atoms with E-state index in [1.54, 1.807) is 17.0 Å². The smallest absolute Gasteiger partial charge is 0.293 e. The number of benzene rings is 1. The van der Waals surface area contributed by atoms with Gasteiger partial charge in [0, 0.05) is 37.9 Å². The molecule has 1 saturated heterocycles. The Morgan fingerprint density at radius 1 is 1.43 bits per heavy atom. The number of hydrogen-bond acceptors (Lipinski definition) is 5. The molecule has 0 radical (unpaired) electrons. The van der Waals surface area contributed by atoms with Crippen LogP contribution in [0.4, 0.5) is 11.4 Å². The highest BCUT2D eigenvalue weighted by atomic mass is 16.6. The zero-order valence-electron chi connectivity index (χ0n) is 12.0. The Hall–Kier alpha value is -2.15. The monoisotopic (exact) mass is 293 g/mol. The Labute approximate surface area is 123 Å². The van der Waals surface area contributed by atoms with Crippen molar-refractivity contribution in [1.29, 1.82) is 0 Å². The first-order valence-electron chi connectivity index (χ1n) is 7.02. The quantitative estimate of drug-likeness (QED) is 0.677. The van der Waals surface area contributed by atoms with Gasteiger partial charge in [-0.25, -0.2) is 0 Å². The van der Waals surface area contributed by atoms with Crippen molar-refractivity contribution < 1.29 is 14.5 Å². The summed E-state index contributed by atoms with van der Waals surface area (Å²) in [5.41, 5.74) is 0.692. The molecule has 114 valence electrons. The van der Waals surface area contributed by atoms with Gasteiger partial charge in [0.05, 0.1) is 11.5 Å². The summed E-state index contributed by atoms with van der Waals surface area (Å²) < 4.78 is 5.31. The zero-order chi connectivity index (χ0) is 15.2. The van der Waals surface area contributed by atoms with Crippen LogP contribution in [0.1, 0.15) is 23.7 Å². The molecule has 0 saturated carbocycles. The lowest BCUT2D eigenvalue weighted by molar-refractivity contribution is -0.384. The second-order valence-electron chi connectivity index (χ2n) is 4.78. The van der Waals surface area contributed by atoms with Gasteiger partial charge >= 0.3 is 0 Å². The van der Waals surface area contributed by atoms with Crippen LogP contribution in [0.3, 0.4) is 0 Å². The number of hydrogen-bond donors (Lipinski definition) is 1. The Morgan fingerprint density at radius 2 is 2.24 bits per heavy atom. The summed E-state index contributed by atoms with van der Waals surface area (Å²) in [6, 6.07) is 4.55. The third-order valence-electron chi connectivity index (χ3n) is 3.32. The number of anilines is 1. The Morgan fingerprint density at radius 3 is 2.95 bits per heavy atom. The van der Waals surface area contributed by atoms with E-state index in [9.17, 15) is 14.9 Å². The highest BCUT2D eigenvalue weighted by Gasteiger charge is 2.21. The predicted octanol–water partition coefficient (Wildman–Crippen LogP) is 1.89. The molecule has 1 aliphatic heterocycles. The first-order chi connectivity index (χ1) is 10.1. The van der Waals surface area contributed by atoms with Crippen molar-refractivity contribution in [2.45, 2.75) is 13.3 Å². The third kappa shape index (κ3) is 3.69. The SMILES string of the molecule is CCNc1ccc(C(=O)N2CCCOCC2)cc1[N+](=O)[O-]. The average Bonchev–Trinajstić information content (AvgIpc) is 2.76. The normalized spacial score (nSPS) is 15.4. The molecule has 0 unspecified atom stereocenters. The number of carbonyl (C=O) groups is 1. The van der Waals surface area contributed by atoms with E-state index < -0.39 is 4.92 Å². The van der Waals surface area contributed by atoms with Crippen LogP contribution in [0, 0.1) is 10.1 Å². The van der Waals surface area contributed by atoms with Gasteiger partial charge in [-0.15, -0.1) is 0 Å². The van der Waals surface area contributed by atoms with E-state index in [0.717, 1.165) is 6.42 Å². The molecule has 1 amide bonds. The maximum Gasteiger partial charge on any atom is 0.293 e. The molecule has 0 spiro atoms. The summed E-state index contributed by atoms with van der Waals surface area (Å²) in [6.07, 6.45) is 0.781. The van der Waals surface area contributed by atoms with Gasteiger partial charge in [-0.3, -0.25) is 14.9 Å². The predicted molar refractivity (Wildman–Crippen MR) is 78.6 cm³/mol. The molecule has 21 heavy (non-hydrogen) atoms. The second kappa shape index (κ2) is 7.03. The van der Waals surface area contributed by atoms with Crippen molar-refractivity contribution in [3.8, 4) is 0 Å². The van der Waals surface area contributed by atoms with Gasteiger partial charge in [-0.05, 0) is 25.5 Å². The molecular weight excluding hydrogens is 274 g/mol. The molecule has 7 nitrogen and oxygen atoms in total. The molecule has 0 aromatic heterocycles. The molecule has 7 heteroatoms. The van der Waals surface area contributed by atoms with E-state index in [4.69, 9.17) is 4.74 Å². The minimum atomic E-state index is -0.472. The lowest BCUT2D eigenvalue weighted by atomic mass is 10.1. The van der Waals surface area contributed by atoms with Crippen molar-refractivity contribution in [3.05, 3.63) is 33.9 Å². The van der Waals surface area contributed by atoms with E-state index >= 15 is 0 Å². The van der Waals surface area contributed by atoms with Gasteiger partial charge in [0.15, 0.2) is 0 Å². The molecule has 1 heterocycles. The van der Waals surface area contributed by atoms with Crippen LogP contribution in [0.15, 0.2) is 18.2 Å². The molecule has 1 aromatic rings. The van der Waals surface area contributed by atoms with E-state index in [-0.39, 0.29) is 11.6 Å². The summed E-state index contributed by atoms with van der Waals surface area (Å²) in [5, 5.41) is 14.0. The number of ether oxygens (including phenoxy) is 1. The lowest BCUT2D eigenvalue weighted by Gasteiger charge is -2.19. The Balaban J connectivity index is 2.24. The highest BCUT2D eigenvalue weighted by Crippen LogP contribution is 2.26. The van der Waals surface area contributed by atoms with E-state index in [1.807, 2.05) is 6.92 Å². The van der Waals surface area contributed by atoms with E-state index in [2.05, 4.69) is 5.32 Å². The van der Waals surface area contributed by atoms with Crippen LogP contribution < -0.4 is 5.32 Å². The summed E-state index contributed by atoms with van der Waals surface area (Å²) in [6.45, 7) is 4.72. The number of nitro benzene ring substituents is 1. The van der Waals surface area contributed by atoms with Crippen LogP contribution in [0.2, 0.25) is 0 Å². The van der Waals surface area contributed by atoms with Gasteiger partial charge < -0.3 is 15.0 Å². The maximum atomic E-state index is 12.4. The number of nitrogens with one attached hydrogen (secondary N) is 1. The van der Waals surface area contributed by atoms with Crippen LogP contribution in [0.5, 0.6) is 0 Å². The molecule has 0 bridgehead atoms. The topological polar surface area (TPSA) is 84.7 Å². The van der Waals surface area contributed by atoms with Gasteiger partial charge in [0.25, 0.3) is 11.6 Å². The Bertz CT molecular complexity index is 525. The minimum Gasteiger partial charge on any atom is -0.380 e. The first kappa shape index (κ1) is 15.2. The average molecular weight is 293 g/mol. The molecular formula is C14H19N3O4. The van der Waals surface area contributed by atoms with Gasteiger partial charge in [-0.2, -0.15) is 0 Å². The fourth-order valence-electron chi connectivity index (χ4n) is 2.29. The van der Waals surface area contributed by atoms with Crippen molar-refractivity contribution >= 4 is 17.3 Å². The highest BCUT2D eigenvalue weighted by molar-refractivity contribution is 5.95. The fraction of sp³-hybridized carbons (Fsp3) is 0.500. The summed E-state index contributed by atoms with van der Waals surface area (Å²) in [5.74, 6) is -0.188. The molecule has 1 fully saturated rings. The molecule has 1 aromatic carbocycles. The minimum absolute atomic E-state index is 0.0752. The van der Waals surface area contributed by atoms with Crippen molar-refractivity contribution in [2.75, 3.05) is 38.2 Å². The maximum absolute atomic E-state index is 12.4. The standard InChI is InChI=1S/C14H19N3O4/c1-2-15-12-5-4-11(10-13(12)17(19)20)14(18)16-6-3-8-21-9-7-16/h4-5,10,15H,2-3,6-9H2,1H3. The van der Waals surface area contributed by atoms with Crippen molar-refractivity contribution in [3.63, 3.8) is 0 Å². The number of rotatable bonds is 4. The van der Waals surface area contributed by atoms with E-state index in [0.29, 0.717) is 44.1 Å². The van der Waals surface area contributed by atoms with Gasteiger partial charge in [0.2, 0.25) is 0 Å². The van der Waals surface area contributed by atoms with Crippen LogP contribution >= 0.6 is 0 Å². The molecule has 1 aliphatic rings. The molecule has 1 N–H and O–H groups in total. The van der Waals surface area contributed by atoms with Crippen LogP contribution in [-0.2, 0) is 4.74 Å². The number of carbonyl (C=O) groups excluding carboxylic acids is 1. The fourth-order valence-corrected chi connectivity index (χ4v) is 2.29. The molecule has 2 rings (SSSR count). The summed E-state index contributed by atoms with van der Waals surface area (Å²) in [4.78, 5) is 24.8. The van der Waals surface area contributed by atoms with Crippen LogP contribution in [-0.4, -0.2) is 48.6 Å². The lowest BCUT2D eigenvalue weighted by Crippen LogP contribution is -2.33. The second-order valence-corrected chi connectivity index (χ2v) is 4.78. The summed E-state index contributed by atoms with van der Waals surface area (Å²) >= 11 is 0. The summed E-state index contributed by atoms with van der Waals surface area (Å²) in [7, 11) is 0. The van der Waals surface area contributed by atoms with Crippen molar-refractivity contribution in [1.82, 2.24) is 4.90 Å². The van der Waals surface area contributed by atoms with Gasteiger partial charge in [-0.1, -0.05) is 0 Å². The third-order valence-corrected chi connectivity index (χ3v) is 3.32. The van der Waals surface area contributed by atoms with Crippen molar-refractivity contribution in [2.24, 2.45) is 0 Å². The zero-order valence-corrected chi connectivity index (χ0v) is 12.0. The van der Waals surface area contributed by atoms with E-state index in [1.165, 1.54) is 6.07 Å². The number of amides is 1.